The maximum absolute atomic E-state index is 13.0. The zero-order valence-corrected chi connectivity index (χ0v) is 15.9. The maximum Gasteiger partial charge on any atom is 0.354 e. The van der Waals surface area contributed by atoms with E-state index in [1.807, 2.05) is 31.2 Å². The van der Waals surface area contributed by atoms with Crippen LogP contribution in [0.2, 0.25) is 5.02 Å². The predicted octanol–water partition coefficient (Wildman–Crippen LogP) is 4.03. The molecule has 6 nitrogen and oxygen atoms in total. The van der Waals surface area contributed by atoms with Crippen molar-refractivity contribution in [2.75, 3.05) is 5.32 Å². The van der Waals surface area contributed by atoms with Crippen LogP contribution in [0.3, 0.4) is 0 Å². The van der Waals surface area contributed by atoms with Crippen molar-refractivity contribution in [3.63, 3.8) is 0 Å². The summed E-state index contributed by atoms with van der Waals surface area (Å²) in [5, 5.41) is 14.1. The van der Waals surface area contributed by atoms with Crippen LogP contribution in [0.5, 0.6) is 0 Å². The van der Waals surface area contributed by atoms with E-state index in [1.54, 1.807) is 22.8 Å². The number of fused-ring (bicyclic) bond motifs is 3. The number of anilines is 1. The molecule has 2 aromatic heterocycles. The largest absolute Gasteiger partial charge is 0.450 e. The van der Waals surface area contributed by atoms with E-state index in [1.165, 1.54) is 0 Å². The van der Waals surface area contributed by atoms with Crippen molar-refractivity contribution in [2.45, 2.75) is 31.9 Å². The second-order valence-electron chi connectivity index (χ2n) is 7.30. The highest BCUT2D eigenvalue weighted by molar-refractivity contribution is 6.31. The molecular weight excluding hydrogens is 378 g/mol. The molecule has 0 bridgehead atoms. The van der Waals surface area contributed by atoms with E-state index in [-0.39, 0.29) is 12.1 Å². The Morgan fingerprint density at radius 2 is 2.07 bits per heavy atom. The molecule has 28 heavy (non-hydrogen) atoms. The molecule has 0 unspecified atom stereocenters. The Bertz CT molecular complexity index is 1270. The first kappa shape index (κ1) is 17.3. The Balaban J connectivity index is 1.82. The first-order valence-electron chi connectivity index (χ1n) is 9.16. The molecule has 5 rings (SSSR count). The van der Waals surface area contributed by atoms with E-state index in [9.17, 15) is 9.90 Å². The van der Waals surface area contributed by atoms with Crippen LogP contribution in [-0.2, 0) is 0 Å². The Hall–Kier alpha value is -2.83. The highest BCUT2D eigenvalue weighted by Crippen LogP contribution is 2.35. The van der Waals surface area contributed by atoms with Crippen LogP contribution in [0.1, 0.15) is 18.4 Å². The van der Waals surface area contributed by atoms with Gasteiger partial charge in [0.25, 0.3) is 0 Å². The molecule has 1 fully saturated rings. The third-order valence-electron chi connectivity index (χ3n) is 5.18. The van der Waals surface area contributed by atoms with Crippen LogP contribution in [0.4, 0.5) is 5.82 Å². The summed E-state index contributed by atoms with van der Waals surface area (Å²) in [5.74, 6) is 0.396. The molecule has 7 heteroatoms. The zero-order valence-electron chi connectivity index (χ0n) is 15.1. The summed E-state index contributed by atoms with van der Waals surface area (Å²) in [7, 11) is 0. The van der Waals surface area contributed by atoms with Gasteiger partial charge in [-0.05, 0) is 55.7 Å². The molecule has 0 atom stereocenters. The molecule has 2 heterocycles. The summed E-state index contributed by atoms with van der Waals surface area (Å²) in [5.41, 5.74) is 3.11. The van der Waals surface area contributed by atoms with Crippen LogP contribution in [0.25, 0.3) is 27.8 Å². The fourth-order valence-electron chi connectivity index (χ4n) is 3.73. The second kappa shape index (κ2) is 6.36. The van der Waals surface area contributed by atoms with Crippen LogP contribution in [0, 0.1) is 6.92 Å². The number of nitrogens with one attached hydrogen (secondary N) is 1. The summed E-state index contributed by atoms with van der Waals surface area (Å²) in [4.78, 5) is 17.3. The summed E-state index contributed by atoms with van der Waals surface area (Å²) in [6, 6.07) is 13.1. The van der Waals surface area contributed by atoms with Gasteiger partial charge in [-0.15, -0.1) is 0 Å². The van der Waals surface area contributed by atoms with Gasteiger partial charge in [0.2, 0.25) is 0 Å². The van der Waals surface area contributed by atoms with E-state index in [4.69, 9.17) is 16.0 Å². The lowest BCUT2D eigenvalue weighted by molar-refractivity contribution is 0.0835. The van der Waals surface area contributed by atoms with Crippen LogP contribution in [0.15, 0.2) is 51.7 Å². The van der Waals surface area contributed by atoms with E-state index in [2.05, 4.69) is 10.3 Å². The summed E-state index contributed by atoms with van der Waals surface area (Å²) < 4.78 is 7.64. The van der Waals surface area contributed by atoms with E-state index in [0.29, 0.717) is 40.4 Å². The normalized spacial score (nSPS) is 19.1. The molecule has 2 aromatic carbocycles. The monoisotopic (exact) mass is 395 g/mol. The van der Waals surface area contributed by atoms with Gasteiger partial charge in [0.15, 0.2) is 11.4 Å². The molecular formula is C21H18ClN3O3. The average Bonchev–Trinajstić information content (AvgIpc) is 2.99. The minimum atomic E-state index is -0.400. The van der Waals surface area contributed by atoms with E-state index >= 15 is 0 Å². The first-order valence-corrected chi connectivity index (χ1v) is 9.54. The summed E-state index contributed by atoms with van der Waals surface area (Å²) in [6.07, 6.45) is 0.932. The van der Waals surface area contributed by atoms with Crippen LogP contribution >= 0.6 is 11.6 Å². The van der Waals surface area contributed by atoms with E-state index < -0.39 is 5.69 Å². The van der Waals surface area contributed by atoms with Crippen molar-refractivity contribution in [1.29, 1.82) is 0 Å². The van der Waals surface area contributed by atoms with Gasteiger partial charge in [-0.3, -0.25) is 4.57 Å². The first-order chi connectivity index (χ1) is 13.5. The standard InChI is InChI=1S/C21H18ClN3O3/c1-11-3-2-4-14(7-11)25-18-16-8-12(22)5-6-17(16)28-19(18)20(24-21(25)27)23-13-9-15(26)10-13/h2-8,13,15,26H,9-10H2,1H3,(H,23,24,27)/t13-,15-. The van der Waals surface area contributed by atoms with Gasteiger partial charge in [0, 0.05) is 16.5 Å². The van der Waals surface area contributed by atoms with Crippen molar-refractivity contribution < 1.29 is 9.52 Å². The topological polar surface area (TPSA) is 80.3 Å². The Kier molecular flexibility index (Phi) is 3.92. The van der Waals surface area contributed by atoms with Gasteiger partial charge >= 0.3 is 5.69 Å². The third kappa shape index (κ3) is 2.77. The SMILES string of the molecule is Cc1cccc(-n2c(=O)nc(N[C@H]3C[C@H](O)C3)c3oc4ccc(Cl)cc4c32)c1. The van der Waals surface area contributed by atoms with Gasteiger partial charge in [-0.25, -0.2) is 4.79 Å². The van der Waals surface area contributed by atoms with Crippen LogP contribution in [-0.4, -0.2) is 26.8 Å². The zero-order chi connectivity index (χ0) is 19.4. The molecule has 0 radical (unpaired) electrons. The fraction of sp³-hybridized carbons (Fsp3) is 0.238. The lowest BCUT2D eigenvalue weighted by Crippen LogP contribution is -2.39. The molecule has 0 saturated heterocycles. The lowest BCUT2D eigenvalue weighted by Gasteiger charge is -2.32. The summed E-state index contributed by atoms with van der Waals surface area (Å²) in [6.45, 7) is 1.97. The molecule has 4 aromatic rings. The predicted molar refractivity (Wildman–Crippen MR) is 110 cm³/mol. The molecule has 1 aliphatic carbocycles. The number of aliphatic hydroxyl groups is 1. The highest BCUT2D eigenvalue weighted by Gasteiger charge is 2.29. The van der Waals surface area contributed by atoms with Gasteiger partial charge < -0.3 is 14.8 Å². The third-order valence-corrected chi connectivity index (χ3v) is 5.41. The van der Waals surface area contributed by atoms with E-state index in [0.717, 1.165) is 16.6 Å². The lowest BCUT2D eigenvalue weighted by atomic mass is 9.89. The number of rotatable bonds is 3. The number of hydrogen-bond donors (Lipinski definition) is 2. The molecule has 0 aliphatic heterocycles. The number of aromatic nitrogens is 2. The minimum absolute atomic E-state index is 0.0664. The highest BCUT2D eigenvalue weighted by atomic mass is 35.5. The van der Waals surface area contributed by atoms with Crippen molar-refractivity contribution in [2.24, 2.45) is 0 Å². The van der Waals surface area contributed by atoms with Gasteiger partial charge in [-0.1, -0.05) is 23.7 Å². The second-order valence-corrected chi connectivity index (χ2v) is 7.74. The smallest absolute Gasteiger partial charge is 0.354 e. The van der Waals surface area contributed by atoms with Crippen molar-refractivity contribution in [1.82, 2.24) is 9.55 Å². The Labute approximate surface area is 165 Å². The van der Waals surface area contributed by atoms with Gasteiger partial charge in [0.05, 0.1) is 11.8 Å². The molecule has 142 valence electrons. The molecule has 1 aliphatic rings. The number of aryl methyl sites for hydroxylation is 1. The number of nitrogens with zero attached hydrogens (tertiary/aromatic N) is 2. The summed E-state index contributed by atoms with van der Waals surface area (Å²) >= 11 is 6.22. The fourth-order valence-corrected chi connectivity index (χ4v) is 3.91. The van der Waals surface area contributed by atoms with Crippen molar-refractivity contribution in [3.05, 3.63) is 63.5 Å². The number of benzene rings is 2. The number of halogens is 1. The number of hydrogen-bond acceptors (Lipinski definition) is 5. The Morgan fingerprint density at radius 3 is 2.82 bits per heavy atom. The quantitative estimate of drug-likeness (QED) is 0.547. The van der Waals surface area contributed by atoms with Crippen molar-refractivity contribution >= 4 is 39.5 Å². The molecule has 1 saturated carbocycles. The molecule has 0 amide bonds. The average molecular weight is 396 g/mol. The minimum Gasteiger partial charge on any atom is -0.450 e. The maximum atomic E-state index is 13.0. The van der Waals surface area contributed by atoms with Crippen LogP contribution < -0.4 is 11.0 Å². The van der Waals surface area contributed by atoms with Gasteiger partial charge in [-0.2, -0.15) is 4.98 Å². The number of furan rings is 1. The van der Waals surface area contributed by atoms with Crippen molar-refractivity contribution in [3.8, 4) is 5.69 Å². The molecule has 0 spiro atoms. The molecule has 2 N–H and O–H groups in total. The Morgan fingerprint density at radius 1 is 1.25 bits per heavy atom. The van der Waals surface area contributed by atoms with Gasteiger partial charge in [0.1, 0.15) is 11.1 Å². The number of aliphatic hydroxyl groups excluding tert-OH is 1.